The van der Waals surface area contributed by atoms with Crippen molar-refractivity contribution in [1.29, 1.82) is 0 Å². The van der Waals surface area contributed by atoms with Gasteiger partial charge < -0.3 is 4.90 Å². The molecule has 3 rings (SSSR count). The van der Waals surface area contributed by atoms with Crippen LogP contribution in [-0.2, 0) is 4.79 Å². The maximum Gasteiger partial charge on any atom is 0.236 e. The molecular weight excluding hydrogens is 242 g/mol. The topological polar surface area (TPSA) is 20.3 Å². The zero-order valence-electron chi connectivity index (χ0n) is 8.34. The summed E-state index contributed by atoms with van der Waals surface area (Å²) in [5.74, 6) is 1.29. The Morgan fingerprint density at radius 3 is 2.50 bits per heavy atom. The molecule has 3 aliphatic rings. The van der Waals surface area contributed by atoms with E-state index >= 15 is 0 Å². The smallest absolute Gasteiger partial charge is 0.236 e. The standard InChI is InChI=1S/C11H16BrNO/c12-9-3-6-13(10(9)14)7-11(4-5-11)8-1-2-8/h8-9H,1-7H2. The van der Waals surface area contributed by atoms with E-state index < -0.39 is 0 Å². The summed E-state index contributed by atoms with van der Waals surface area (Å²) in [6.45, 7) is 2.03. The van der Waals surface area contributed by atoms with Crippen molar-refractivity contribution in [3.63, 3.8) is 0 Å². The average molecular weight is 258 g/mol. The molecule has 0 aromatic rings. The van der Waals surface area contributed by atoms with E-state index in [1.165, 1.54) is 25.7 Å². The van der Waals surface area contributed by atoms with Crippen molar-refractivity contribution in [1.82, 2.24) is 4.90 Å². The lowest BCUT2D eigenvalue weighted by Gasteiger charge is -2.23. The lowest BCUT2D eigenvalue weighted by molar-refractivity contribution is -0.128. The van der Waals surface area contributed by atoms with Crippen molar-refractivity contribution in [2.75, 3.05) is 13.1 Å². The number of rotatable bonds is 3. The quantitative estimate of drug-likeness (QED) is 0.710. The highest BCUT2D eigenvalue weighted by atomic mass is 79.9. The number of hydrogen-bond donors (Lipinski definition) is 0. The van der Waals surface area contributed by atoms with E-state index in [0.29, 0.717) is 11.3 Å². The number of nitrogens with zero attached hydrogens (tertiary/aromatic N) is 1. The highest BCUT2D eigenvalue weighted by Crippen LogP contribution is 2.61. The Hall–Kier alpha value is -0.0500. The van der Waals surface area contributed by atoms with Gasteiger partial charge in [0.15, 0.2) is 0 Å². The number of hydrogen-bond acceptors (Lipinski definition) is 1. The largest absolute Gasteiger partial charge is 0.341 e. The van der Waals surface area contributed by atoms with Gasteiger partial charge in [0.05, 0.1) is 4.83 Å². The van der Waals surface area contributed by atoms with Gasteiger partial charge in [-0.1, -0.05) is 15.9 Å². The van der Waals surface area contributed by atoms with E-state index in [-0.39, 0.29) is 4.83 Å². The summed E-state index contributed by atoms with van der Waals surface area (Å²) in [6, 6.07) is 0. The molecule has 1 amide bonds. The molecular formula is C11H16BrNO. The van der Waals surface area contributed by atoms with Crippen LogP contribution in [0, 0.1) is 11.3 Å². The minimum Gasteiger partial charge on any atom is -0.341 e. The molecule has 1 unspecified atom stereocenters. The van der Waals surface area contributed by atoms with Crippen LogP contribution in [0.3, 0.4) is 0 Å². The Morgan fingerprint density at radius 2 is 2.07 bits per heavy atom. The fourth-order valence-corrected chi connectivity index (χ4v) is 3.28. The first-order chi connectivity index (χ1) is 6.71. The van der Waals surface area contributed by atoms with Crippen molar-refractivity contribution in [3.8, 4) is 0 Å². The van der Waals surface area contributed by atoms with Crippen LogP contribution in [0.15, 0.2) is 0 Å². The molecule has 1 saturated heterocycles. The van der Waals surface area contributed by atoms with Crippen molar-refractivity contribution in [2.24, 2.45) is 11.3 Å². The second-order valence-electron chi connectivity index (χ2n) is 5.15. The number of amides is 1. The SMILES string of the molecule is O=C1C(Br)CCN1CC1(C2CC2)CC1. The van der Waals surface area contributed by atoms with E-state index in [4.69, 9.17) is 0 Å². The predicted molar refractivity (Wildman–Crippen MR) is 58.3 cm³/mol. The number of likely N-dealkylation sites (tertiary alicyclic amines) is 1. The fourth-order valence-electron chi connectivity index (χ4n) is 2.79. The van der Waals surface area contributed by atoms with Crippen LogP contribution in [0.2, 0.25) is 0 Å². The lowest BCUT2D eigenvalue weighted by Crippen LogP contribution is -2.34. The second kappa shape index (κ2) is 2.97. The zero-order chi connectivity index (χ0) is 9.76. The second-order valence-corrected chi connectivity index (χ2v) is 6.26. The maximum atomic E-state index is 11.7. The molecule has 0 aromatic carbocycles. The molecule has 1 aliphatic heterocycles. The normalized spacial score (nSPS) is 35.1. The lowest BCUT2D eigenvalue weighted by atomic mass is 10.0. The molecule has 0 bridgehead atoms. The van der Waals surface area contributed by atoms with Gasteiger partial charge in [0, 0.05) is 13.1 Å². The first kappa shape index (κ1) is 9.20. The van der Waals surface area contributed by atoms with Gasteiger partial charge in [-0.3, -0.25) is 4.79 Å². The van der Waals surface area contributed by atoms with Gasteiger partial charge in [-0.25, -0.2) is 0 Å². The zero-order valence-corrected chi connectivity index (χ0v) is 9.92. The third-order valence-electron chi connectivity index (χ3n) is 4.07. The summed E-state index contributed by atoms with van der Waals surface area (Å²) in [4.78, 5) is 13.9. The Bertz CT molecular complexity index is 270. The van der Waals surface area contributed by atoms with Gasteiger partial charge in [0.25, 0.3) is 0 Å². The minimum atomic E-state index is 0.109. The van der Waals surface area contributed by atoms with E-state index in [1.54, 1.807) is 0 Å². The maximum absolute atomic E-state index is 11.7. The number of carbonyl (C=O) groups excluding carboxylic acids is 1. The van der Waals surface area contributed by atoms with Crippen LogP contribution in [0.5, 0.6) is 0 Å². The van der Waals surface area contributed by atoms with Crippen molar-refractivity contribution in [3.05, 3.63) is 0 Å². The summed E-state index contributed by atoms with van der Waals surface area (Å²) in [5.41, 5.74) is 0.576. The molecule has 3 fully saturated rings. The van der Waals surface area contributed by atoms with Gasteiger partial charge in [0.1, 0.15) is 0 Å². The Balaban J connectivity index is 1.64. The Morgan fingerprint density at radius 1 is 1.36 bits per heavy atom. The molecule has 2 nitrogen and oxygen atoms in total. The predicted octanol–water partition coefficient (Wildman–Crippen LogP) is 2.17. The molecule has 1 heterocycles. The van der Waals surface area contributed by atoms with Gasteiger partial charge >= 0.3 is 0 Å². The third kappa shape index (κ3) is 1.40. The van der Waals surface area contributed by atoms with Crippen LogP contribution < -0.4 is 0 Å². The fraction of sp³-hybridized carbons (Fsp3) is 0.909. The minimum absolute atomic E-state index is 0.109. The summed E-state index contributed by atoms with van der Waals surface area (Å²) in [7, 11) is 0. The molecule has 3 heteroatoms. The first-order valence-electron chi connectivity index (χ1n) is 5.64. The number of carbonyl (C=O) groups is 1. The monoisotopic (exact) mass is 257 g/mol. The van der Waals surface area contributed by atoms with Crippen LogP contribution >= 0.6 is 15.9 Å². The van der Waals surface area contributed by atoms with Gasteiger partial charge in [-0.05, 0) is 43.4 Å². The molecule has 2 aliphatic carbocycles. The molecule has 0 aromatic heterocycles. The molecule has 0 spiro atoms. The third-order valence-corrected chi connectivity index (χ3v) is 4.92. The van der Waals surface area contributed by atoms with E-state index in [1.807, 2.05) is 0 Å². The van der Waals surface area contributed by atoms with Gasteiger partial charge in [-0.15, -0.1) is 0 Å². The van der Waals surface area contributed by atoms with Gasteiger partial charge in [-0.2, -0.15) is 0 Å². The van der Waals surface area contributed by atoms with Crippen LogP contribution in [0.25, 0.3) is 0 Å². The summed E-state index contributed by atoms with van der Waals surface area (Å²) in [5, 5.41) is 0. The summed E-state index contributed by atoms with van der Waals surface area (Å²) < 4.78 is 0. The highest BCUT2D eigenvalue weighted by molar-refractivity contribution is 9.10. The van der Waals surface area contributed by atoms with E-state index in [0.717, 1.165) is 25.4 Å². The number of halogens is 1. The molecule has 1 atom stereocenters. The first-order valence-corrected chi connectivity index (χ1v) is 6.56. The van der Waals surface area contributed by atoms with Crippen molar-refractivity contribution in [2.45, 2.75) is 36.9 Å². The average Bonchev–Trinajstić information content (AvgIpc) is 2.99. The summed E-state index contributed by atoms with van der Waals surface area (Å²) >= 11 is 3.43. The Kier molecular flexibility index (Phi) is 1.95. The Labute approximate surface area is 93.2 Å². The molecule has 78 valence electrons. The van der Waals surface area contributed by atoms with E-state index in [2.05, 4.69) is 20.8 Å². The van der Waals surface area contributed by atoms with Crippen LogP contribution in [-0.4, -0.2) is 28.7 Å². The number of alkyl halides is 1. The molecule has 14 heavy (non-hydrogen) atoms. The van der Waals surface area contributed by atoms with Crippen LogP contribution in [0.1, 0.15) is 32.1 Å². The van der Waals surface area contributed by atoms with Crippen molar-refractivity contribution < 1.29 is 4.79 Å². The molecule has 2 saturated carbocycles. The summed E-state index contributed by atoms with van der Waals surface area (Å²) in [6.07, 6.45) is 6.57. The van der Waals surface area contributed by atoms with Crippen molar-refractivity contribution >= 4 is 21.8 Å². The molecule has 0 radical (unpaired) electrons. The molecule has 0 N–H and O–H groups in total. The van der Waals surface area contributed by atoms with Crippen LogP contribution in [0.4, 0.5) is 0 Å². The van der Waals surface area contributed by atoms with E-state index in [9.17, 15) is 4.79 Å². The van der Waals surface area contributed by atoms with Gasteiger partial charge in [0.2, 0.25) is 5.91 Å². The highest BCUT2D eigenvalue weighted by Gasteiger charge is 2.55.